The van der Waals surface area contributed by atoms with Crippen molar-refractivity contribution in [3.05, 3.63) is 35.1 Å². The third kappa shape index (κ3) is 3.17. The molecule has 1 aromatic rings. The van der Waals surface area contributed by atoms with Crippen LogP contribution in [0.5, 0.6) is 0 Å². The van der Waals surface area contributed by atoms with Gasteiger partial charge in [-0.05, 0) is 31.0 Å². The van der Waals surface area contributed by atoms with Gasteiger partial charge in [-0.15, -0.1) is 0 Å². The summed E-state index contributed by atoms with van der Waals surface area (Å²) in [6, 6.07) is 4.22. The molecule has 0 bridgehead atoms. The lowest BCUT2D eigenvalue weighted by Gasteiger charge is -2.24. The molecule has 0 saturated heterocycles. The van der Waals surface area contributed by atoms with Gasteiger partial charge in [-0.1, -0.05) is 24.7 Å². The highest BCUT2D eigenvalue weighted by Crippen LogP contribution is 2.24. The molecule has 1 saturated carbocycles. The van der Waals surface area contributed by atoms with Gasteiger partial charge >= 0.3 is 0 Å². The number of halogens is 1. The minimum absolute atomic E-state index is 0.140. The van der Waals surface area contributed by atoms with Crippen LogP contribution in [0, 0.1) is 17.7 Å². The zero-order valence-corrected chi connectivity index (χ0v) is 11.5. The minimum Gasteiger partial charge on any atom is -0.384 e. The van der Waals surface area contributed by atoms with E-state index >= 15 is 0 Å². The third-order valence-electron chi connectivity index (χ3n) is 3.71. The van der Waals surface area contributed by atoms with Gasteiger partial charge in [-0.2, -0.15) is 0 Å². The maximum atomic E-state index is 13.3. The van der Waals surface area contributed by atoms with Crippen molar-refractivity contribution in [3.8, 4) is 11.8 Å². The van der Waals surface area contributed by atoms with E-state index in [0.717, 1.165) is 25.7 Å². The van der Waals surface area contributed by atoms with Crippen LogP contribution >= 0.6 is 0 Å². The van der Waals surface area contributed by atoms with E-state index in [4.69, 9.17) is 5.11 Å². The van der Waals surface area contributed by atoms with E-state index in [1.807, 2.05) is 0 Å². The lowest BCUT2D eigenvalue weighted by Crippen LogP contribution is -2.35. The standard InChI is InChI=1S/C16H18FNO2/c1-18(14-6-2-3-7-14)16(20)15-9-8-13(17)11-12(15)5-4-10-19/h8-9,11,14,19H,2-3,6-7,10H2,1H3. The van der Waals surface area contributed by atoms with Gasteiger partial charge in [0.1, 0.15) is 12.4 Å². The summed E-state index contributed by atoms with van der Waals surface area (Å²) in [6.45, 7) is -0.317. The molecule has 0 aromatic heterocycles. The Hall–Kier alpha value is -1.86. The lowest BCUT2D eigenvalue weighted by molar-refractivity contribution is 0.0735. The molecule has 3 nitrogen and oxygen atoms in total. The molecule has 0 aliphatic heterocycles. The maximum absolute atomic E-state index is 13.3. The molecule has 4 heteroatoms. The molecule has 0 atom stereocenters. The molecule has 1 fully saturated rings. The number of aliphatic hydroxyl groups excluding tert-OH is 1. The van der Waals surface area contributed by atoms with Gasteiger partial charge in [0.15, 0.2) is 0 Å². The quantitative estimate of drug-likeness (QED) is 0.840. The van der Waals surface area contributed by atoms with Crippen molar-refractivity contribution >= 4 is 5.91 Å². The highest BCUT2D eigenvalue weighted by atomic mass is 19.1. The van der Waals surface area contributed by atoms with Crippen molar-refractivity contribution in [2.45, 2.75) is 31.7 Å². The number of hydrogen-bond acceptors (Lipinski definition) is 2. The van der Waals surface area contributed by atoms with Gasteiger partial charge in [0, 0.05) is 18.7 Å². The summed E-state index contributed by atoms with van der Waals surface area (Å²) >= 11 is 0. The summed E-state index contributed by atoms with van der Waals surface area (Å²) in [5.41, 5.74) is 0.718. The van der Waals surface area contributed by atoms with Gasteiger partial charge in [0.05, 0.1) is 5.56 Å². The Kier molecular flexibility index (Phi) is 4.75. The van der Waals surface area contributed by atoms with Crippen LogP contribution in [0.25, 0.3) is 0 Å². The van der Waals surface area contributed by atoms with E-state index in [9.17, 15) is 9.18 Å². The average molecular weight is 275 g/mol. The predicted octanol–water partition coefficient (Wildman–Crippen LogP) is 2.18. The molecular weight excluding hydrogens is 257 g/mol. The average Bonchev–Trinajstić information content (AvgIpc) is 2.97. The second-order valence-electron chi connectivity index (χ2n) is 5.00. The zero-order valence-electron chi connectivity index (χ0n) is 11.5. The molecule has 1 N–H and O–H groups in total. The first-order chi connectivity index (χ1) is 9.63. The van der Waals surface area contributed by atoms with Crippen LogP contribution in [-0.4, -0.2) is 35.6 Å². The predicted molar refractivity (Wildman–Crippen MR) is 74.7 cm³/mol. The van der Waals surface area contributed by atoms with Crippen LogP contribution in [0.15, 0.2) is 18.2 Å². The molecule has 0 radical (unpaired) electrons. The van der Waals surface area contributed by atoms with Crippen LogP contribution in [0.4, 0.5) is 4.39 Å². The Morgan fingerprint density at radius 2 is 2.15 bits per heavy atom. The van der Waals surface area contributed by atoms with Crippen LogP contribution in [0.3, 0.4) is 0 Å². The number of carbonyl (C=O) groups is 1. The summed E-state index contributed by atoms with van der Waals surface area (Å²) in [5.74, 6) is 4.53. The summed E-state index contributed by atoms with van der Waals surface area (Å²) < 4.78 is 13.3. The molecule has 1 aromatic carbocycles. The molecular formula is C16H18FNO2. The minimum atomic E-state index is -0.438. The van der Waals surface area contributed by atoms with Crippen LogP contribution < -0.4 is 0 Å². The fourth-order valence-corrected chi connectivity index (χ4v) is 2.59. The Morgan fingerprint density at radius 3 is 2.80 bits per heavy atom. The second kappa shape index (κ2) is 6.53. The molecule has 2 rings (SSSR count). The van der Waals surface area contributed by atoms with E-state index in [-0.39, 0.29) is 18.6 Å². The monoisotopic (exact) mass is 275 g/mol. The van der Waals surface area contributed by atoms with E-state index in [1.54, 1.807) is 11.9 Å². The number of rotatable bonds is 2. The van der Waals surface area contributed by atoms with Crippen LogP contribution in [0.2, 0.25) is 0 Å². The van der Waals surface area contributed by atoms with Gasteiger partial charge in [-0.25, -0.2) is 4.39 Å². The first kappa shape index (κ1) is 14.5. The molecule has 1 aliphatic carbocycles. The SMILES string of the molecule is CN(C(=O)c1ccc(F)cc1C#CCO)C1CCCC1. The van der Waals surface area contributed by atoms with E-state index in [1.165, 1.54) is 18.2 Å². The maximum Gasteiger partial charge on any atom is 0.255 e. The second-order valence-corrected chi connectivity index (χ2v) is 5.00. The van der Waals surface area contributed by atoms with Gasteiger partial charge in [-0.3, -0.25) is 4.79 Å². The molecule has 0 unspecified atom stereocenters. The largest absolute Gasteiger partial charge is 0.384 e. The van der Waals surface area contributed by atoms with Crippen LogP contribution in [-0.2, 0) is 0 Å². The third-order valence-corrected chi connectivity index (χ3v) is 3.71. The molecule has 1 amide bonds. The van der Waals surface area contributed by atoms with Crippen molar-refractivity contribution in [3.63, 3.8) is 0 Å². The van der Waals surface area contributed by atoms with E-state index in [2.05, 4.69) is 11.8 Å². The number of nitrogens with zero attached hydrogens (tertiary/aromatic N) is 1. The summed E-state index contributed by atoms with van der Waals surface area (Å²) in [5, 5.41) is 8.75. The molecule has 0 spiro atoms. The Bertz CT molecular complexity index is 553. The Balaban J connectivity index is 2.28. The van der Waals surface area contributed by atoms with Gasteiger partial charge < -0.3 is 10.0 Å². The first-order valence-corrected chi connectivity index (χ1v) is 6.80. The van der Waals surface area contributed by atoms with Gasteiger partial charge in [0.25, 0.3) is 5.91 Å². The summed E-state index contributed by atoms with van der Waals surface area (Å²) in [4.78, 5) is 14.2. The highest BCUT2D eigenvalue weighted by Gasteiger charge is 2.25. The number of carbonyl (C=O) groups excluding carboxylic acids is 1. The van der Waals surface area contributed by atoms with Crippen molar-refractivity contribution in [1.82, 2.24) is 4.90 Å². The summed E-state index contributed by atoms with van der Waals surface area (Å²) in [7, 11) is 1.78. The Morgan fingerprint density at radius 1 is 1.45 bits per heavy atom. The number of aliphatic hydroxyl groups is 1. The number of benzene rings is 1. The summed E-state index contributed by atoms with van der Waals surface area (Å²) in [6.07, 6.45) is 4.31. The molecule has 0 heterocycles. The zero-order chi connectivity index (χ0) is 14.5. The number of hydrogen-bond donors (Lipinski definition) is 1. The number of amides is 1. The Labute approximate surface area is 118 Å². The van der Waals surface area contributed by atoms with Crippen molar-refractivity contribution in [2.24, 2.45) is 0 Å². The van der Waals surface area contributed by atoms with E-state index < -0.39 is 5.82 Å². The van der Waals surface area contributed by atoms with Gasteiger partial charge in [0.2, 0.25) is 0 Å². The molecule has 1 aliphatic rings. The van der Waals surface area contributed by atoms with Crippen LogP contribution in [0.1, 0.15) is 41.6 Å². The van der Waals surface area contributed by atoms with Crippen molar-refractivity contribution in [2.75, 3.05) is 13.7 Å². The van der Waals surface area contributed by atoms with E-state index in [0.29, 0.717) is 11.1 Å². The smallest absolute Gasteiger partial charge is 0.255 e. The topological polar surface area (TPSA) is 40.5 Å². The lowest BCUT2D eigenvalue weighted by atomic mass is 10.1. The fraction of sp³-hybridized carbons (Fsp3) is 0.438. The molecule has 20 heavy (non-hydrogen) atoms. The normalized spacial score (nSPS) is 14.8. The highest BCUT2D eigenvalue weighted by molar-refractivity contribution is 5.96. The van der Waals surface area contributed by atoms with Crippen molar-refractivity contribution in [1.29, 1.82) is 0 Å². The van der Waals surface area contributed by atoms with Crippen molar-refractivity contribution < 1.29 is 14.3 Å². The fourth-order valence-electron chi connectivity index (χ4n) is 2.59. The first-order valence-electron chi connectivity index (χ1n) is 6.80. The molecule has 106 valence electrons.